The highest BCUT2D eigenvalue weighted by molar-refractivity contribution is 7.15. The molecule has 0 spiro atoms. The molecule has 2 aromatic rings. The van der Waals surface area contributed by atoms with Crippen molar-refractivity contribution in [2.75, 3.05) is 19.7 Å². The highest BCUT2D eigenvalue weighted by Gasteiger charge is 2.59. The molecule has 1 saturated heterocycles. The lowest BCUT2D eigenvalue weighted by molar-refractivity contribution is -0.148. The van der Waals surface area contributed by atoms with E-state index in [1.54, 1.807) is 22.7 Å². The molecule has 0 bridgehead atoms. The summed E-state index contributed by atoms with van der Waals surface area (Å²) in [5.74, 6) is -0.381. The van der Waals surface area contributed by atoms with Crippen molar-refractivity contribution in [3.63, 3.8) is 0 Å². The molecule has 5 unspecified atom stereocenters. The second-order valence-electron chi connectivity index (χ2n) is 11.1. The Morgan fingerprint density at radius 3 is 2.63 bits per heavy atom. The molecule has 4 N–H and O–H groups in total. The molecule has 0 aromatic carbocycles. The lowest BCUT2D eigenvalue weighted by Crippen LogP contribution is -2.58. The zero-order chi connectivity index (χ0) is 25.0. The number of aliphatic hydroxyl groups excluding tert-OH is 2. The average Bonchev–Trinajstić information content (AvgIpc) is 3.53. The molecular formula is C26H35N3O4S2. The Hall–Kier alpha value is -1.81. The van der Waals surface area contributed by atoms with E-state index in [1.807, 2.05) is 17.2 Å². The third-order valence-electron chi connectivity index (χ3n) is 9.29. The van der Waals surface area contributed by atoms with Crippen molar-refractivity contribution >= 4 is 34.5 Å². The first-order chi connectivity index (χ1) is 16.7. The number of rotatable bonds is 5. The van der Waals surface area contributed by atoms with Gasteiger partial charge in [-0.2, -0.15) is 11.3 Å². The summed E-state index contributed by atoms with van der Waals surface area (Å²) in [7, 11) is 0. The minimum absolute atomic E-state index is 0.0467. The minimum atomic E-state index is -0.627. The predicted molar refractivity (Wildman–Crippen MR) is 137 cm³/mol. The number of likely N-dealkylation sites (tertiary alicyclic amines) is 1. The Labute approximate surface area is 214 Å². The van der Waals surface area contributed by atoms with Crippen LogP contribution in [0, 0.1) is 22.7 Å². The zero-order valence-corrected chi connectivity index (χ0v) is 22.0. The Bertz CT molecular complexity index is 1090. The van der Waals surface area contributed by atoms with Gasteiger partial charge in [-0.25, -0.2) is 4.98 Å². The number of hydrogen-bond donors (Lipinski definition) is 3. The van der Waals surface area contributed by atoms with Crippen molar-refractivity contribution in [2.45, 2.75) is 64.4 Å². The third kappa shape index (κ3) is 4.14. The number of thiophene rings is 1. The van der Waals surface area contributed by atoms with E-state index in [2.05, 4.69) is 18.4 Å². The number of thiazole rings is 1. The number of hydrogen-bond acceptors (Lipinski definition) is 7. The van der Waals surface area contributed by atoms with E-state index in [-0.39, 0.29) is 41.6 Å². The molecule has 5 rings (SSSR count). The summed E-state index contributed by atoms with van der Waals surface area (Å²) in [6.07, 6.45) is 3.18. The van der Waals surface area contributed by atoms with Crippen molar-refractivity contribution in [3.05, 3.63) is 27.4 Å². The van der Waals surface area contributed by atoms with Gasteiger partial charge >= 0.3 is 0 Å². The molecule has 9 heteroatoms. The number of aromatic nitrogens is 1. The van der Waals surface area contributed by atoms with Crippen LogP contribution in [-0.2, 0) is 16.0 Å². The summed E-state index contributed by atoms with van der Waals surface area (Å²) in [5, 5.41) is 26.5. The molecule has 1 saturated carbocycles. The summed E-state index contributed by atoms with van der Waals surface area (Å²) in [5.41, 5.74) is 6.72. The fraction of sp³-hybridized carbons (Fsp3) is 0.654. The lowest BCUT2D eigenvalue weighted by atomic mass is 9.47. The first kappa shape index (κ1) is 24.9. The number of primary amides is 1. The SMILES string of the molecule is CC1(CO)C(O)CCC2(C)C(CC(=O)N3CCC(C(N)=O)CC3)c3nc(-c4ccsc4)sc3CC12. The Balaban J connectivity index is 1.49. The van der Waals surface area contributed by atoms with E-state index in [4.69, 9.17) is 10.7 Å². The Morgan fingerprint density at radius 2 is 2.00 bits per heavy atom. The summed E-state index contributed by atoms with van der Waals surface area (Å²) in [6.45, 7) is 5.26. The van der Waals surface area contributed by atoms with Gasteiger partial charge in [0.2, 0.25) is 11.8 Å². The van der Waals surface area contributed by atoms with Gasteiger partial charge < -0.3 is 20.8 Å². The highest BCUT2D eigenvalue weighted by Crippen LogP contribution is 2.63. The van der Waals surface area contributed by atoms with Gasteiger partial charge in [-0.15, -0.1) is 11.3 Å². The van der Waals surface area contributed by atoms with Crippen LogP contribution in [0.2, 0.25) is 0 Å². The number of nitrogens with two attached hydrogens (primary N) is 1. The Morgan fingerprint density at radius 1 is 1.26 bits per heavy atom. The number of piperidine rings is 1. The molecule has 35 heavy (non-hydrogen) atoms. The largest absolute Gasteiger partial charge is 0.396 e. The van der Waals surface area contributed by atoms with Gasteiger partial charge in [0.1, 0.15) is 5.01 Å². The van der Waals surface area contributed by atoms with Gasteiger partial charge in [-0.3, -0.25) is 9.59 Å². The van der Waals surface area contributed by atoms with Crippen LogP contribution >= 0.6 is 22.7 Å². The van der Waals surface area contributed by atoms with Crippen LogP contribution in [0.4, 0.5) is 0 Å². The topological polar surface area (TPSA) is 117 Å². The molecule has 1 aliphatic heterocycles. The summed E-state index contributed by atoms with van der Waals surface area (Å²) < 4.78 is 0. The second kappa shape index (κ2) is 9.25. The quantitative estimate of drug-likeness (QED) is 0.562. The van der Waals surface area contributed by atoms with E-state index >= 15 is 0 Å². The maximum Gasteiger partial charge on any atom is 0.223 e. The van der Waals surface area contributed by atoms with Crippen molar-refractivity contribution < 1.29 is 19.8 Å². The maximum absolute atomic E-state index is 13.6. The highest BCUT2D eigenvalue weighted by atomic mass is 32.1. The van der Waals surface area contributed by atoms with Gasteiger partial charge in [-0.05, 0) is 54.9 Å². The molecule has 2 fully saturated rings. The van der Waals surface area contributed by atoms with Crippen LogP contribution < -0.4 is 5.73 Å². The monoisotopic (exact) mass is 517 g/mol. The van der Waals surface area contributed by atoms with Crippen molar-refractivity contribution in [1.29, 1.82) is 0 Å². The molecule has 190 valence electrons. The lowest BCUT2D eigenvalue weighted by Gasteiger charge is -2.58. The Kier molecular flexibility index (Phi) is 6.57. The number of nitrogens with zero attached hydrogens (tertiary/aromatic N) is 2. The summed E-state index contributed by atoms with van der Waals surface area (Å²) >= 11 is 3.33. The summed E-state index contributed by atoms with van der Waals surface area (Å²) in [4.78, 5) is 33.3. The fourth-order valence-electron chi connectivity index (χ4n) is 6.87. The molecule has 2 aliphatic carbocycles. The molecule has 0 radical (unpaired) electrons. The first-order valence-electron chi connectivity index (χ1n) is 12.6. The van der Waals surface area contributed by atoms with Gasteiger partial charge in [0.25, 0.3) is 0 Å². The normalized spacial score (nSPS) is 33.3. The van der Waals surface area contributed by atoms with E-state index < -0.39 is 11.5 Å². The summed E-state index contributed by atoms with van der Waals surface area (Å²) in [6, 6.07) is 2.08. The number of carbonyl (C=O) groups excluding carboxylic acids is 2. The van der Waals surface area contributed by atoms with E-state index in [9.17, 15) is 19.8 Å². The third-order valence-corrected chi connectivity index (χ3v) is 11.1. The van der Waals surface area contributed by atoms with Crippen LogP contribution in [0.15, 0.2) is 16.8 Å². The van der Waals surface area contributed by atoms with Crippen LogP contribution in [0.25, 0.3) is 10.6 Å². The van der Waals surface area contributed by atoms with Crippen LogP contribution in [-0.4, -0.2) is 57.7 Å². The van der Waals surface area contributed by atoms with Crippen molar-refractivity contribution in [2.24, 2.45) is 28.4 Å². The number of amides is 2. The number of fused-ring (bicyclic) bond motifs is 2. The smallest absolute Gasteiger partial charge is 0.223 e. The van der Waals surface area contributed by atoms with Crippen molar-refractivity contribution in [1.82, 2.24) is 9.88 Å². The fourth-order valence-corrected chi connectivity index (χ4v) is 8.75. The van der Waals surface area contributed by atoms with Gasteiger partial charge in [0, 0.05) is 52.6 Å². The predicted octanol–water partition coefficient (Wildman–Crippen LogP) is 3.40. The maximum atomic E-state index is 13.6. The van der Waals surface area contributed by atoms with Gasteiger partial charge in [0.15, 0.2) is 0 Å². The molecule has 3 aliphatic rings. The molecule has 5 atom stereocenters. The molecular weight excluding hydrogens is 482 g/mol. The van der Waals surface area contributed by atoms with Crippen LogP contribution in [0.1, 0.15) is 62.4 Å². The van der Waals surface area contributed by atoms with Crippen LogP contribution in [0.5, 0.6) is 0 Å². The average molecular weight is 518 g/mol. The second-order valence-corrected chi connectivity index (χ2v) is 13.0. The van der Waals surface area contributed by atoms with E-state index in [0.717, 1.165) is 29.1 Å². The molecule has 2 amide bonds. The molecule has 7 nitrogen and oxygen atoms in total. The zero-order valence-electron chi connectivity index (χ0n) is 20.4. The first-order valence-corrected chi connectivity index (χ1v) is 14.3. The standard InChI is InChI=1S/C26H35N3O4S2/c1-25-7-3-20(31)26(2,14-30)19(25)12-18-22(28-24(35-18)16-6-10-34-13-16)17(25)11-21(32)29-8-4-15(5-9-29)23(27)33/h6,10,13,15,17,19-20,30-31H,3-5,7-9,11-12,14H2,1-2H3,(H2,27,33). The van der Waals surface area contributed by atoms with E-state index in [1.165, 1.54) is 4.88 Å². The van der Waals surface area contributed by atoms with Gasteiger partial charge in [-0.1, -0.05) is 13.8 Å². The molecule has 2 aromatic heterocycles. The number of aliphatic hydroxyl groups is 2. The number of carbonyl (C=O) groups is 2. The van der Waals surface area contributed by atoms with Crippen molar-refractivity contribution in [3.8, 4) is 10.6 Å². The van der Waals surface area contributed by atoms with Gasteiger partial charge in [0.05, 0.1) is 18.4 Å². The van der Waals surface area contributed by atoms with E-state index in [0.29, 0.717) is 38.8 Å². The minimum Gasteiger partial charge on any atom is -0.396 e. The molecule has 3 heterocycles. The van der Waals surface area contributed by atoms with Crippen LogP contribution in [0.3, 0.4) is 0 Å².